The molecule has 14 heavy (non-hydrogen) atoms. The summed E-state index contributed by atoms with van der Waals surface area (Å²) >= 11 is 1.52. The van der Waals surface area contributed by atoms with Crippen molar-refractivity contribution in [2.24, 2.45) is 5.73 Å². The fraction of sp³-hybridized carbons (Fsp3) is 0.500. The lowest BCUT2D eigenvalue weighted by Crippen LogP contribution is -2.39. The summed E-state index contributed by atoms with van der Waals surface area (Å²) in [5.74, 6) is 0.0565. The van der Waals surface area contributed by atoms with E-state index in [0.29, 0.717) is 6.54 Å². The van der Waals surface area contributed by atoms with E-state index in [-0.39, 0.29) is 11.9 Å². The van der Waals surface area contributed by atoms with Crippen LogP contribution in [-0.2, 0) is 0 Å². The van der Waals surface area contributed by atoms with Gasteiger partial charge in [0.25, 0.3) is 5.91 Å². The van der Waals surface area contributed by atoms with Crippen molar-refractivity contribution in [2.45, 2.75) is 19.9 Å². The molecule has 2 N–H and O–H groups in total. The van der Waals surface area contributed by atoms with Crippen LogP contribution in [0, 0.1) is 6.92 Å². The maximum absolute atomic E-state index is 11.8. The van der Waals surface area contributed by atoms with Gasteiger partial charge in [-0.1, -0.05) is 0 Å². The highest BCUT2D eigenvalue weighted by molar-refractivity contribution is 7.13. The predicted molar refractivity (Wildman–Crippen MR) is 59.7 cm³/mol. The summed E-state index contributed by atoms with van der Waals surface area (Å²) in [6.45, 7) is 4.43. The van der Waals surface area contributed by atoms with Gasteiger partial charge in [0.1, 0.15) is 0 Å². The molecule has 1 heterocycles. The Labute approximate surface area is 88.5 Å². The van der Waals surface area contributed by atoms with Gasteiger partial charge in [-0.15, -0.1) is 11.3 Å². The number of aryl methyl sites for hydroxylation is 1. The molecular formula is C10H16N2OS. The minimum atomic E-state index is 0.0565. The van der Waals surface area contributed by atoms with Crippen molar-refractivity contribution >= 4 is 17.2 Å². The van der Waals surface area contributed by atoms with E-state index in [1.54, 1.807) is 11.9 Å². The standard InChI is InChI=1S/C10H16N2OS/c1-7(6-11)12(3)10(13)9-5-4-8(2)14-9/h4-5,7H,6,11H2,1-3H3. The number of carbonyl (C=O) groups excluding carboxylic acids is 1. The summed E-state index contributed by atoms with van der Waals surface area (Å²) in [7, 11) is 1.79. The summed E-state index contributed by atoms with van der Waals surface area (Å²) in [5, 5.41) is 0. The van der Waals surface area contributed by atoms with Crippen molar-refractivity contribution in [1.29, 1.82) is 0 Å². The monoisotopic (exact) mass is 212 g/mol. The molecular weight excluding hydrogens is 196 g/mol. The third kappa shape index (κ3) is 2.33. The Hall–Kier alpha value is -0.870. The molecule has 0 aliphatic carbocycles. The van der Waals surface area contributed by atoms with Crippen LogP contribution in [0.2, 0.25) is 0 Å². The summed E-state index contributed by atoms with van der Waals surface area (Å²) in [6, 6.07) is 3.91. The first-order valence-electron chi connectivity index (χ1n) is 4.60. The van der Waals surface area contributed by atoms with Gasteiger partial charge in [-0.2, -0.15) is 0 Å². The molecule has 0 fully saturated rings. The number of hydrogen-bond donors (Lipinski definition) is 1. The fourth-order valence-corrected chi connectivity index (χ4v) is 1.93. The minimum Gasteiger partial charge on any atom is -0.337 e. The highest BCUT2D eigenvalue weighted by atomic mass is 32.1. The molecule has 0 bridgehead atoms. The number of carbonyl (C=O) groups is 1. The Morgan fingerprint density at radius 3 is 2.71 bits per heavy atom. The van der Waals surface area contributed by atoms with Crippen LogP contribution >= 0.6 is 11.3 Å². The average molecular weight is 212 g/mol. The highest BCUT2D eigenvalue weighted by Gasteiger charge is 2.17. The van der Waals surface area contributed by atoms with E-state index in [1.807, 2.05) is 26.0 Å². The largest absolute Gasteiger partial charge is 0.337 e. The second-order valence-electron chi connectivity index (χ2n) is 3.41. The van der Waals surface area contributed by atoms with Gasteiger partial charge in [0.05, 0.1) is 4.88 Å². The summed E-state index contributed by atoms with van der Waals surface area (Å²) in [5.41, 5.74) is 5.50. The molecule has 1 unspecified atom stereocenters. The Balaban J connectivity index is 2.75. The van der Waals surface area contributed by atoms with Crippen molar-refractivity contribution in [3.8, 4) is 0 Å². The lowest BCUT2D eigenvalue weighted by molar-refractivity contribution is 0.0753. The molecule has 0 saturated heterocycles. The van der Waals surface area contributed by atoms with E-state index >= 15 is 0 Å². The quantitative estimate of drug-likeness (QED) is 0.825. The third-order valence-corrected chi connectivity index (χ3v) is 3.26. The van der Waals surface area contributed by atoms with Crippen molar-refractivity contribution in [2.75, 3.05) is 13.6 Å². The lowest BCUT2D eigenvalue weighted by Gasteiger charge is -2.22. The molecule has 0 aliphatic heterocycles. The van der Waals surface area contributed by atoms with Gasteiger partial charge in [0.2, 0.25) is 0 Å². The van der Waals surface area contributed by atoms with Gasteiger partial charge in [-0.05, 0) is 26.0 Å². The van der Waals surface area contributed by atoms with E-state index in [4.69, 9.17) is 5.73 Å². The van der Waals surface area contributed by atoms with Crippen molar-refractivity contribution in [3.05, 3.63) is 21.9 Å². The van der Waals surface area contributed by atoms with Crippen LogP contribution in [0.5, 0.6) is 0 Å². The normalized spacial score (nSPS) is 12.6. The van der Waals surface area contributed by atoms with E-state index in [1.165, 1.54) is 11.3 Å². The van der Waals surface area contributed by atoms with Gasteiger partial charge in [-0.3, -0.25) is 4.79 Å². The number of nitrogens with two attached hydrogens (primary N) is 1. The first kappa shape index (κ1) is 11.2. The third-order valence-electron chi connectivity index (χ3n) is 2.27. The first-order chi connectivity index (χ1) is 6.56. The zero-order valence-corrected chi connectivity index (χ0v) is 9.60. The van der Waals surface area contributed by atoms with Gasteiger partial charge < -0.3 is 10.6 Å². The Morgan fingerprint density at radius 2 is 2.29 bits per heavy atom. The topological polar surface area (TPSA) is 46.3 Å². The van der Waals surface area contributed by atoms with Crippen molar-refractivity contribution < 1.29 is 4.79 Å². The van der Waals surface area contributed by atoms with Crippen LogP contribution in [-0.4, -0.2) is 30.4 Å². The van der Waals surface area contributed by atoms with Crippen LogP contribution in [0.15, 0.2) is 12.1 Å². The lowest BCUT2D eigenvalue weighted by atomic mass is 10.3. The maximum Gasteiger partial charge on any atom is 0.263 e. The fourth-order valence-electron chi connectivity index (χ4n) is 1.08. The molecule has 1 rings (SSSR count). The SMILES string of the molecule is Cc1ccc(C(=O)N(C)C(C)CN)s1. The number of thiophene rings is 1. The number of amides is 1. The average Bonchev–Trinajstić information content (AvgIpc) is 2.61. The number of nitrogens with zero attached hydrogens (tertiary/aromatic N) is 1. The summed E-state index contributed by atoms with van der Waals surface area (Å²) < 4.78 is 0. The highest BCUT2D eigenvalue weighted by Crippen LogP contribution is 2.17. The predicted octanol–water partition coefficient (Wildman–Crippen LogP) is 1.48. The van der Waals surface area contributed by atoms with Crippen LogP contribution in [0.1, 0.15) is 21.5 Å². The van der Waals surface area contributed by atoms with Crippen LogP contribution in [0.4, 0.5) is 0 Å². The van der Waals surface area contributed by atoms with E-state index in [0.717, 1.165) is 9.75 Å². The Kier molecular flexibility index (Phi) is 3.66. The molecule has 0 radical (unpaired) electrons. The van der Waals surface area contributed by atoms with E-state index < -0.39 is 0 Å². The molecule has 1 aromatic rings. The van der Waals surface area contributed by atoms with E-state index in [9.17, 15) is 4.79 Å². The number of hydrogen-bond acceptors (Lipinski definition) is 3. The van der Waals surface area contributed by atoms with Gasteiger partial charge in [-0.25, -0.2) is 0 Å². The Morgan fingerprint density at radius 1 is 1.64 bits per heavy atom. The molecule has 0 saturated carbocycles. The molecule has 3 nitrogen and oxygen atoms in total. The van der Waals surface area contributed by atoms with Crippen molar-refractivity contribution in [1.82, 2.24) is 4.90 Å². The molecule has 0 spiro atoms. The molecule has 1 amide bonds. The van der Waals surface area contributed by atoms with Crippen LogP contribution < -0.4 is 5.73 Å². The Bertz CT molecular complexity index is 322. The van der Waals surface area contributed by atoms with Gasteiger partial charge >= 0.3 is 0 Å². The molecule has 0 aliphatic rings. The van der Waals surface area contributed by atoms with Gasteiger partial charge in [0, 0.05) is 24.5 Å². The smallest absolute Gasteiger partial charge is 0.263 e. The molecule has 1 atom stereocenters. The molecule has 1 aromatic heterocycles. The second kappa shape index (κ2) is 4.57. The summed E-state index contributed by atoms with van der Waals surface area (Å²) in [4.78, 5) is 15.5. The van der Waals surface area contributed by atoms with Crippen molar-refractivity contribution in [3.63, 3.8) is 0 Å². The zero-order chi connectivity index (χ0) is 10.7. The molecule has 78 valence electrons. The molecule has 4 heteroatoms. The first-order valence-corrected chi connectivity index (χ1v) is 5.41. The second-order valence-corrected chi connectivity index (χ2v) is 4.70. The van der Waals surface area contributed by atoms with E-state index in [2.05, 4.69) is 0 Å². The van der Waals surface area contributed by atoms with Crippen LogP contribution in [0.25, 0.3) is 0 Å². The minimum absolute atomic E-state index is 0.0565. The van der Waals surface area contributed by atoms with Gasteiger partial charge in [0.15, 0.2) is 0 Å². The molecule has 0 aromatic carbocycles. The maximum atomic E-state index is 11.8. The number of likely N-dealkylation sites (N-methyl/N-ethyl adjacent to an activating group) is 1. The zero-order valence-electron chi connectivity index (χ0n) is 8.78. The van der Waals surface area contributed by atoms with Crippen LogP contribution in [0.3, 0.4) is 0 Å². The summed E-state index contributed by atoms with van der Waals surface area (Å²) in [6.07, 6.45) is 0. The number of rotatable bonds is 3.